The van der Waals surface area contributed by atoms with Crippen LogP contribution in [0.1, 0.15) is 28.5 Å². The van der Waals surface area contributed by atoms with Crippen LogP contribution in [-0.4, -0.2) is 20.9 Å². The number of rotatable bonds is 5. The van der Waals surface area contributed by atoms with E-state index in [1.807, 2.05) is 30.7 Å². The van der Waals surface area contributed by atoms with Crippen LogP contribution in [0.5, 0.6) is 0 Å². The van der Waals surface area contributed by atoms with E-state index in [1.165, 1.54) is 0 Å². The minimum Gasteiger partial charge on any atom is -0.478 e. The van der Waals surface area contributed by atoms with Crippen molar-refractivity contribution < 1.29 is 9.90 Å². The predicted octanol–water partition coefficient (Wildman–Crippen LogP) is 2.94. The third kappa shape index (κ3) is 3.30. The predicted molar refractivity (Wildman–Crippen MR) is 80.6 cm³/mol. The highest BCUT2D eigenvalue weighted by molar-refractivity contribution is 5.89. The van der Waals surface area contributed by atoms with Gasteiger partial charge in [0.15, 0.2) is 0 Å². The monoisotopic (exact) mass is 295 g/mol. The molecule has 2 rings (SSSR count). The van der Waals surface area contributed by atoms with E-state index in [0.29, 0.717) is 12.1 Å². The largest absolute Gasteiger partial charge is 0.478 e. The first-order valence-electron chi connectivity index (χ1n) is 6.21. The van der Waals surface area contributed by atoms with Gasteiger partial charge in [0.25, 0.3) is 0 Å². The van der Waals surface area contributed by atoms with Crippen molar-refractivity contribution in [2.45, 2.75) is 26.9 Å². The van der Waals surface area contributed by atoms with Gasteiger partial charge in [-0.15, -0.1) is 12.4 Å². The summed E-state index contributed by atoms with van der Waals surface area (Å²) in [6.45, 7) is 5.31. The second-order valence-electron chi connectivity index (χ2n) is 4.28. The van der Waals surface area contributed by atoms with Crippen molar-refractivity contribution in [3.63, 3.8) is 0 Å². The molecule has 1 aromatic carbocycles. The normalized spacial score (nSPS) is 9.90. The zero-order valence-electron chi connectivity index (χ0n) is 11.5. The molecule has 0 saturated heterocycles. The van der Waals surface area contributed by atoms with E-state index in [9.17, 15) is 4.79 Å². The Kier molecular flexibility index (Phi) is 5.58. The molecule has 0 aliphatic heterocycles. The number of halogens is 1. The van der Waals surface area contributed by atoms with E-state index < -0.39 is 5.97 Å². The summed E-state index contributed by atoms with van der Waals surface area (Å²) in [5, 5.41) is 16.6. The number of aryl methyl sites for hydroxylation is 1. The highest BCUT2D eigenvalue weighted by Crippen LogP contribution is 2.16. The number of benzene rings is 1. The summed E-state index contributed by atoms with van der Waals surface area (Å²) in [5.41, 5.74) is 3.08. The van der Waals surface area contributed by atoms with Crippen LogP contribution in [-0.2, 0) is 13.1 Å². The molecule has 2 aromatic rings. The Morgan fingerprint density at radius 2 is 2.10 bits per heavy atom. The third-order valence-corrected chi connectivity index (χ3v) is 3.12. The maximum absolute atomic E-state index is 11.1. The highest BCUT2D eigenvalue weighted by Gasteiger charge is 2.10. The SMILES string of the molecule is CCn1ncc(NCc2ccccc2C(=O)O)c1C.Cl. The standard InChI is InChI=1S/C14H17N3O2.ClH/c1-3-17-10(2)13(9-16-17)15-8-11-6-4-5-7-12(11)14(18)19;/h4-7,9,15H,3,8H2,1-2H3,(H,18,19);1H. The summed E-state index contributed by atoms with van der Waals surface area (Å²) in [6.07, 6.45) is 1.77. The fourth-order valence-electron chi connectivity index (χ4n) is 2.01. The van der Waals surface area contributed by atoms with Gasteiger partial charge in [0.05, 0.1) is 23.1 Å². The number of nitrogens with one attached hydrogen (secondary N) is 1. The van der Waals surface area contributed by atoms with Crippen molar-refractivity contribution in [1.29, 1.82) is 0 Å². The first-order chi connectivity index (χ1) is 9.13. The second-order valence-corrected chi connectivity index (χ2v) is 4.28. The van der Waals surface area contributed by atoms with Crippen LogP contribution in [0.25, 0.3) is 0 Å². The molecule has 0 saturated carbocycles. The number of carboxylic acids is 1. The lowest BCUT2D eigenvalue weighted by molar-refractivity contribution is 0.0696. The highest BCUT2D eigenvalue weighted by atomic mass is 35.5. The van der Waals surface area contributed by atoms with E-state index in [0.717, 1.165) is 23.5 Å². The van der Waals surface area contributed by atoms with Gasteiger partial charge in [0, 0.05) is 13.1 Å². The number of anilines is 1. The van der Waals surface area contributed by atoms with Crippen LogP contribution < -0.4 is 5.32 Å². The molecule has 108 valence electrons. The Balaban J connectivity index is 0.00000200. The molecule has 0 fully saturated rings. The lowest BCUT2D eigenvalue weighted by Crippen LogP contribution is -2.07. The van der Waals surface area contributed by atoms with Crippen LogP contribution in [0, 0.1) is 6.92 Å². The summed E-state index contributed by atoms with van der Waals surface area (Å²) in [6, 6.07) is 7.00. The average molecular weight is 296 g/mol. The van der Waals surface area contributed by atoms with Gasteiger partial charge in [-0.2, -0.15) is 5.10 Å². The Morgan fingerprint density at radius 1 is 1.40 bits per heavy atom. The summed E-state index contributed by atoms with van der Waals surface area (Å²) in [5.74, 6) is -0.904. The molecule has 0 unspecified atom stereocenters. The number of hydrogen-bond donors (Lipinski definition) is 2. The van der Waals surface area contributed by atoms with Crippen molar-refractivity contribution in [2.75, 3.05) is 5.32 Å². The first-order valence-corrected chi connectivity index (χ1v) is 6.21. The molecule has 0 spiro atoms. The van der Waals surface area contributed by atoms with Gasteiger partial charge < -0.3 is 10.4 Å². The minimum atomic E-state index is -0.904. The number of aromatic carboxylic acids is 1. The number of hydrogen-bond acceptors (Lipinski definition) is 3. The van der Waals surface area contributed by atoms with Crippen molar-refractivity contribution in [1.82, 2.24) is 9.78 Å². The Hall–Kier alpha value is -2.01. The van der Waals surface area contributed by atoms with Crippen LogP contribution >= 0.6 is 12.4 Å². The Labute approximate surface area is 124 Å². The van der Waals surface area contributed by atoms with E-state index in [4.69, 9.17) is 5.11 Å². The van der Waals surface area contributed by atoms with Crippen molar-refractivity contribution in [3.05, 3.63) is 47.3 Å². The van der Waals surface area contributed by atoms with Gasteiger partial charge in [-0.1, -0.05) is 18.2 Å². The maximum atomic E-state index is 11.1. The molecule has 0 aliphatic carbocycles. The number of carboxylic acid groups (broad SMARTS) is 1. The molecule has 20 heavy (non-hydrogen) atoms. The zero-order valence-corrected chi connectivity index (χ0v) is 12.3. The van der Waals surface area contributed by atoms with Gasteiger partial charge in [0.1, 0.15) is 0 Å². The van der Waals surface area contributed by atoms with Crippen LogP contribution in [0.2, 0.25) is 0 Å². The van der Waals surface area contributed by atoms with Crippen molar-refractivity contribution in [3.8, 4) is 0 Å². The molecular weight excluding hydrogens is 278 g/mol. The van der Waals surface area contributed by atoms with Gasteiger partial charge in [-0.3, -0.25) is 4.68 Å². The van der Waals surface area contributed by atoms with Crippen molar-refractivity contribution >= 4 is 24.1 Å². The maximum Gasteiger partial charge on any atom is 0.336 e. The molecule has 0 atom stereocenters. The lowest BCUT2D eigenvalue weighted by atomic mass is 10.1. The van der Waals surface area contributed by atoms with Crippen LogP contribution in [0.4, 0.5) is 5.69 Å². The summed E-state index contributed by atoms with van der Waals surface area (Å²) in [7, 11) is 0. The van der Waals surface area contributed by atoms with Gasteiger partial charge in [-0.05, 0) is 25.5 Å². The quantitative estimate of drug-likeness (QED) is 0.890. The molecule has 1 heterocycles. The fraction of sp³-hybridized carbons (Fsp3) is 0.286. The summed E-state index contributed by atoms with van der Waals surface area (Å²) < 4.78 is 1.89. The van der Waals surface area contributed by atoms with Gasteiger partial charge in [-0.25, -0.2) is 4.79 Å². The molecule has 1 aromatic heterocycles. The average Bonchev–Trinajstić information content (AvgIpc) is 2.77. The third-order valence-electron chi connectivity index (χ3n) is 3.12. The molecule has 0 bridgehead atoms. The number of nitrogens with zero attached hydrogens (tertiary/aromatic N) is 2. The molecular formula is C14H18ClN3O2. The van der Waals surface area contributed by atoms with Crippen molar-refractivity contribution in [2.24, 2.45) is 0 Å². The van der Waals surface area contributed by atoms with Crippen LogP contribution in [0.15, 0.2) is 30.5 Å². The topological polar surface area (TPSA) is 67.2 Å². The number of aromatic nitrogens is 2. The van der Waals surface area contributed by atoms with Crippen LogP contribution in [0.3, 0.4) is 0 Å². The van der Waals surface area contributed by atoms with E-state index in [2.05, 4.69) is 10.4 Å². The summed E-state index contributed by atoms with van der Waals surface area (Å²) in [4.78, 5) is 11.1. The molecule has 5 nitrogen and oxygen atoms in total. The summed E-state index contributed by atoms with van der Waals surface area (Å²) >= 11 is 0. The minimum absolute atomic E-state index is 0. The van der Waals surface area contributed by atoms with E-state index in [-0.39, 0.29) is 12.4 Å². The second kappa shape index (κ2) is 6.96. The smallest absolute Gasteiger partial charge is 0.336 e. The molecule has 0 amide bonds. The fourth-order valence-corrected chi connectivity index (χ4v) is 2.01. The Bertz CT molecular complexity index is 596. The lowest BCUT2D eigenvalue weighted by Gasteiger charge is -2.08. The molecule has 2 N–H and O–H groups in total. The van der Waals surface area contributed by atoms with E-state index in [1.54, 1.807) is 18.3 Å². The van der Waals surface area contributed by atoms with Gasteiger partial charge >= 0.3 is 5.97 Å². The van der Waals surface area contributed by atoms with E-state index >= 15 is 0 Å². The Morgan fingerprint density at radius 3 is 2.70 bits per heavy atom. The molecule has 6 heteroatoms. The first kappa shape index (κ1) is 16.0. The molecule has 0 aliphatic rings. The molecule has 0 radical (unpaired) electrons. The zero-order chi connectivity index (χ0) is 13.8. The van der Waals surface area contributed by atoms with Gasteiger partial charge in [0.2, 0.25) is 0 Å². The number of carbonyl (C=O) groups is 1.